The zero-order valence-corrected chi connectivity index (χ0v) is 9.71. The van der Waals surface area contributed by atoms with Gasteiger partial charge in [0.25, 0.3) is 0 Å². The van der Waals surface area contributed by atoms with Gasteiger partial charge in [0.05, 0.1) is 0 Å². The van der Waals surface area contributed by atoms with Crippen molar-refractivity contribution in [2.75, 3.05) is 0 Å². The third-order valence-corrected chi connectivity index (χ3v) is 2.75. The van der Waals surface area contributed by atoms with E-state index in [2.05, 4.69) is 0 Å². The van der Waals surface area contributed by atoms with E-state index in [0.717, 1.165) is 18.4 Å². The van der Waals surface area contributed by atoms with Crippen LogP contribution in [-0.2, 0) is 6.42 Å². The van der Waals surface area contributed by atoms with Crippen molar-refractivity contribution in [1.82, 2.24) is 0 Å². The van der Waals surface area contributed by atoms with E-state index in [1.165, 1.54) is 0 Å². The summed E-state index contributed by atoms with van der Waals surface area (Å²) in [7, 11) is 0. The van der Waals surface area contributed by atoms with Crippen molar-refractivity contribution in [3.05, 3.63) is 33.1 Å². The van der Waals surface area contributed by atoms with E-state index >= 15 is 0 Å². The number of nitrogens with two attached hydrogens (primary N) is 1. The SMILES string of the molecule is C[C@H](N)CCc1ccc(I)c(F)c1. The second-order valence-corrected chi connectivity index (χ2v) is 4.43. The van der Waals surface area contributed by atoms with E-state index in [-0.39, 0.29) is 11.9 Å². The number of hydrogen-bond donors (Lipinski definition) is 1. The molecule has 2 N–H and O–H groups in total. The van der Waals surface area contributed by atoms with Gasteiger partial charge in [-0.3, -0.25) is 0 Å². The Balaban J connectivity index is 2.63. The van der Waals surface area contributed by atoms with Crippen molar-refractivity contribution in [2.24, 2.45) is 5.73 Å². The summed E-state index contributed by atoms with van der Waals surface area (Å²) in [4.78, 5) is 0. The molecule has 1 aromatic carbocycles. The minimum atomic E-state index is -0.136. The third-order valence-electron chi connectivity index (χ3n) is 1.87. The summed E-state index contributed by atoms with van der Waals surface area (Å²) in [5.41, 5.74) is 6.64. The molecular formula is C10H13FIN. The predicted molar refractivity (Wildman–Crippen MR) is 61.1 cm³/mol. The first-order valence-electron chi connectivity index (χ1n) is 4.29. The molecule has 1 aromatic rings. The number of aryl methyl sites for hydroxylation is 1. The topological polar surface area (TPSA) is 26.0 Å². The van der Waals surface area contributed by atoms with Crippen molar-refractivity contribution in [3.8, 4) is 0 Å². The van der Waals surface area contributed by atoms with Crippen molar-refractivity contribution < 1.29 is 4.39 Å². The third kappa shape index (κ3) is 3.60. The first-order chi connectivity index (χ1) is 6.09. The molecule has 0 heterocycles. The lowest BCUT2D eigenvalue weighted by Gasteiger charge is -2.05. The Kier molecular flexibility index (Phi) is 4.12. The molecule has 0 aromatic heterocycles. The van der Waals surface area contributed by atoms with Crippen LogP contribution in [0.2, 0.25) is 0 Å². The van der Waals surface area contributed by atoms with E-state index in [9.17, 15) is 4.39 Å². The number of halogens is 2. The van der Waals surface area contributed by atoms with Crippen molar-refractivity contribution in [2.45, 2.75) is 25.8 Å². The van der Waals surface area contributed by atoms with Gasteiger partial charge in [0.1, 0.15) is 5.82 Å². The summed E-state index contributed by atoms with van der Waals surface area (Å²) < 4.78 is 13.7. The van der Waals surface area contributed by atoms with E-state index < -0.39 is 0 Å². The Morgan fingerprint density at radius 3 is 2.77 bits per heavy atom. The molecule has 0 aliphatic heterocycles. The van der Waals surface area contributed by atoms with Crippen LogP contribution >= 0.6 is 22.6 Å². The summed E-state index contributed by atoms with van der Waals surface area (Å²) in [6, 6.07) is 5.52. The molecule has 3 heteroatoms. The Hall–Kier alpha value is -0.160. The van der Waals surface area contributed by atoms with Gasteiger partial charge < -0.3 is 5.73 Å². The molecule has 13 heavy (non-hydrogen) atoms. The summed E-state index contributed by atoms with van der Waals surface area (Å²) in [5.74, 6) is -0.136. The highest BCUT2D eigenvalue weighted by Crippen LogP contribution is 2.13. The van der Waals surface area contributed by atoms with E-state index in [1.54, 1.807) is 12.1 Å². The Bertz CT molecular complexity index is 286. The van der Waals surface area contributed by atoms with Crippen LogP contribution in [0.1, 0.15) is 18.9 Å². The van der Waals surface area contributed by atoms with Crippen LogP contribution in [0.3, 0.4) is 0 Å². The van der Waals surface area contributed by atoms with Crippen molar-refractivity contribution >= 4 is 22.6 Å². The first kappa shape index (κ1) is 10.9. The van der Waals surface area contributed by atoms with Crippen LogP contribution in [0.25, 0.3) is 0 Å². The van der Waals surface area contributed by atoms with E-state index in [4.69, 9.17) is 5.73 Å². The van der Waals surface area contributed by atoms with E-state index in [1.807, 2.05) is 35.6 Å². The van der Waals surface area contributed by atoms with Crippen molar-refractivity contribution in [1.29, 1.82) is 0 Å². The lowest BCUT2D eigenvalue weighted by Crippen LogP contribution is -2.15. The number of rotatable bonds is 3. The molecule has 0 fully saturated rings. The average molecular weight is 293 g/mol. The molecule has 0 saturated carbocycles. The molecule has 0 aliphatic rings. The fourth-order valence-electron chi connectivity index (χ4n) is 1.09. The van der Waals surface area contributed by atoms with Gasteiger partial charge >= 0.3 is 0 Å². The smallest absolute Gasteiger partial charge is 0.136 e. The highest BCUT2D eigenvalue weighted by molar-refractivity contribution is 14.1. The molecule has 72 valence electrons. The van der Waals surface area contributed by atoms with Crippen LogP contribution in [0.15, 0.2) is 18.2 Å². The lowest BCUT2D eigenvalue weighted by atomic mass is 10.1. The summed E-state index contributed by atoms with van der Waals surface area (Å²) in [6.07, 6.45) is 1.76. The first-order valence-corrected chi connectivity index (χ1v) is 5.37. The van der Waals surface area contributed by atoms with Gasteiger partial charge in [-0.05, 0) is 60.1 Å². The normalized spacial score (nSPS) is 12.9. The second kappa shape index (κ2) is 4.91. The van der Waals surface area contributed by atoms with Gasteiger partial charge in [0.15, 0.2) is 0 Å². The molecular weight excluding hydrogens is 280 g/mol. The Labute approximate surface area is 91.7 Å². The maximum absolute atomic E-state index is 13.1. The summed E-state index contributed by atoms with van der Waals surface area (Å²) in [6.45, 7) is 1.96. The molecule has 0 spiro atoms. The zero-order valence-electron chi connectivity index (χ0n) is 7.56. The number of hydrogen-bond acceptors (Lipinski definition) is 1. The van der Waals surface area contributed by atoms with Crippen molar-refractivity contribution in [3.63, 3.8) is 0 Å². The van der Waals surface area contributed by atoms with Gasteiger partial charge in [0.2, 0.25) is 0 Å². The molecule has 0 saturated heterocycles. The number of benzene rings is 1. The highest BCUT2D eigenvalue weighted by Gasteiger charge is 2.01. The van der Waals surface area contributed by atoms with Gasteiger partial charge in [-0.25, -0.2) is 4.39 Å². The van der Waals surface area contributed by atoms with Crippen LogP contribution < -0.4 is 5.73 Å². The van der Waals surface area contributed by atoms with Crippen LogP contribution in [0.5, 0.6) is 0 Å². The quantitative estimate of drug-likeness (QED) is 0.852. The minimum Gasteiger partial charge on any atom is -0.328 e. The van der Waals surface area contributed by atoms with Crippen LogP contribution in [-0.4, -0.2) is 6.04 Å². The Morgan fingerprint density at radius 1 is 1.54 bits per heavy atom. The monoisotopic (exact) mass is 293 g/mol. The molecule has 0 amide bonds. The summed E-state index contributed by atoms with van der Waals surface area (Å²) in [5, 5.41) is 0. The largest absolute Gasteiger partial charge is 0.328 e. The minimum absolute atomic E-state index is 0.136. The van der Waals surface area contributed by atoms with Gasteiger partial charge in [0, 0.05) is 9.61 Å². The molecule has 0 radical (unpaired) electrons. The Morgan fingerprint density at radius 2 is 2.23 bits per heavy atom. The molecule has 1 nitrogen and oxygen atoms in total. The molecule has 1 rings (SSSR count). The molecule has 0 unspecified atom stereocenters. The zero-order chi connectivity index (χ0) is 9.84. The molecule has 0 aliphatic carbocycles. The van der Waals surface area contributed by atoms with Crippen LogP contribution in [0.4, 0.5) is 4.39 Å². The average Bonchev–Trinajstić information content (AvgIpc) is 2.07. The fraction of sp³-hybridized carbons (Fsp3) is 0.400. The van der Waals surface area contributed by atoms with Gasteiger partial charge in [-0.1, -0.05) is 6.07 Å². The molecule has 1 atom stereocenters. The second-order valence-electron chi connectivity index (χ2n) is 3.26. The summed E-state index contributed by atoms with van der Waals surface area (Å²) >= 11 is 1.98. The van der Waals surface area contributed by atoms with Gasteiger partial charge in [-0.2, -0.15) is 0 Å². The van der Waals surface area contributed by atoms with Gasteiger partial charge in [-0.15, -0.1) is 0 Å². The maximum Gasteiger partial charge on any atom is 0.136 e. The van der Waals surface area contributed by atoms with E-state index in [0.29, 0.717) is 3.57 Å². The fourth-order valence-corrected chi connectivity index (χ4v) is 1.42. The maximum atomic E-state index is 13.1. The van der Waals surface area contributed by atoms with Crippen LogP contribution in [0, 0.1) is 9.39 Å². The lowest BCUT2D eigenvalue weighted by molar-refractivity contribution is 0.613. The highest BCUT2D eigenvalue weighted by atomic mass is 127. The standard InChI is InChI=1S/C10H13FIN/c1-7(13)2-3-8-4-5-10(12)9(11)6-8/h4-7H,2-3,13H2,1H3/t7-/m0/s1. The molecule has 0 bridgehead atoms. The predicted octanol–water partition coefficient (Wildman–Crippen LogP) is 2.71.